The van der Waals surface area contributed by atoms with Crippen LogP contribution < -0.4 is 4.74 Å². The number of ether oxygens (including phenoxy) is 1. The molecule has 1 heterocycles. The van der Waals surface area contributed by atoms with Gasteiger partial charge in [-0.2, -0.15) is 0 Å². The highest BCUT2D eigenvalue weighted by atomic mass is 79.9. The molecule has 0 atom stereocenters. The Bertz CT molecular complexity index is 376. The molecule has 0 saturated carbocycles. The van der Waals surface area contributed by atoms with Crippen LogP contribution in [0.1, 0.15) is 18.4 Å². The predicted octanol–water partition coefficient (Wildman–Crippen LogP) is 3.82. The van der Waals surface area contributed by atoms with E-state index in [-0.39, 0.29) is 0 Å². The van der Waals surface area contributed by atoms with Crippen molar-refractivity contribution in [2.24, 2.45) is 0 Å². The summed E-state index contributed by atoms with van der Waals surface area (Å²) in [7, 11) is 1.69. The number of benzene rings is 1. The lowest BCUT2D eigenvalue weighted by molar-refractivity contribution is 0.226. The number of likely N-dealkylation sites (tertiary alicyclic amines) is 1. The van der Waals surface area contributed by atoms with Gasteiger partial charge in [-0.3, -0.25) is 4.90 Å². The van der Waals surface area contributed by atoms with Crippen LogP contribution in [-0.4, -0.2) is 29.9 Å². The maximum absolute atomic E-state index is 5.24. The molecule has 0 spiro atoms. The van der Waals surface area contributed by atoms with E-state index in [9.17, 15) is 0 Å². The van der Waals surface area contributed by atoms with Gasteiger partial charge < -0.3 is 4.74 Å². The molecule has 0 aromatic heterocycles. The standard InChI is InChI=1S/C13H17Br2NO/c1-17-13-3-2-10(8-12(13)15)9-16-6-4-11(14)5-7-16/h2-3,8,11H,4-7,9H2,1H3. The van der Waals surface area contributed by atoms with Gasteiger partial charge in [0, 0.05) is 11.4 Å². The Morgan fingerprint density at radius 2 is 2.06 bits per heavy atom. The largest absolute Gasteiger partial charge is 0.496 e. The van der Waals surface area contributed by atoms with E-state index in [0.717, 1.165) is 16.8 Å². The van der Waals surface area contributed by atoms with Gasteiger partial charge in [0.1, 0.15) is 5.75 Å². The maximum Gasteiger partial charge on any atom is 0.133 e. The average molecular weight is 363 g/mol. The maximum atomic E-state index is 5.24. The first-order chi connectivity index (χ1) is 8.19. The van der Waals surface area contributed by atoms with Crippen molar-refractivity contribution in [3.05, 3.63) is 28.2 Å². The van der Waals surface area contributed by atoms with Crippen molar-refractivity contribution < 1.29 is 4.74 Å². The van der Waals surface area contributed by atoms with Crippen molar-refractivity contribution in [1.82, 2.24) is 4.90 Å². The number of halogens is 2. The molecule has 2 rings (SSSR count). The summed E-state index contributed by atoms with van der Waals surface area (Å²) in [5.74, 6) is 0.896. The quantitative estimate of drug-likeness (QED) is 0.758. The van der Waals surface area contributed by atoms with Crippen molar-refractivity contribution in [1.29, 1.82) is 0 Å². The van der Waals surface area contributed by atoms with E-state index >= 15 is 0 Å². The zero-order valence-corrected chi connectivity index (χ0v) is 13.1. The fourth-order valence-electron chi connectivity index (χ4n) is 2.13. The molecular weight excluding hydrogens is 346 g/mol. The lowest BCUT2D eigenvalue weighted by atomic mass is 10.1. The summed E-state index contributed by atoms with van der Waals surface area (Å²) >= 11 is 7.21. The Morgan fingerprint density at radius 3 is 2.65 bits per heavy atom. The van der Waals surface area contributed by atoms with E-state index in [1.165, 1.54) is 31.5 Å². The number of nitrogens with zero attached hydrogens (tertiary/aromatic N) is 1. The lowest BCUT2D eigenvalue weighted by Crippen LogP contribution is -2.33. The Kier molecular flexibility index (Phi) is 4.88. The van der Waals surface area contributed by atoms with Crippen molar-refractivity contribution >= 4 is 31.9 Å². The zero-order valence-electron chi connectivity index (χ0n) is 9.96. The summed E-state index contributed by atoms with van der Waals surface area (Å²) in [6.07, 6.45) is 2.49. The smallest absolute Gasteiger partial charge is 0.133 e. The van der Waals surface area contributed by atoms with Gasteiger partial charge in [-0.25, -0.2) is 0 Å². The van der Waals surface area contributed by atoms with Crippen LogP contribution in [-0.2, 0) is 6.54 Å². The fourth-order valence-corrected chi connectivity index (χ4v) is 3.12. The third kappa shape index (κ3) is 3.70. The minimum atomic E-state index is 0.710. The van der Waals surface area contributed by atoms with Gasteiger partial charge in [-0.15, -0.1) is 0 Å². The molecule has 0 amide bonds. The number of piperidine rings is 1. The molecule has 2 nitrogen and oxygen atoms in total. The highest BCUT2D eigenvalue weighted by molar-refractivity contribution is 9.10. The summed E-state index contributed by atoms with van der Waals surface area (Å²) in [6.45, 7) is 3.39. The summed E-state index contributed by atoms with van der Waals surface area (Å²) in [5, 5.41) is 0. The minimum absolute atomic E-state index is 0.710. The fraction of sp³-hybridized carbons (Fsp3) is 0.538. The van der Waals surface area contributed by atoms with Crippen LogP contribution in [0.2, 0.25) is 0 Å². The molecule has 4 heteroatoms. The SMILES string of the molecule is COc1ccc(CN2CCC(Br)CC2)cc1Br. The van der Waals surface area contributed by atoms with Crippen LogP contribution in [0, 0.1) is 0 Å². The first kappa shape index (κ1) is 13.4. The lowest BCUT2D eigenvalue weighted by Gasteiger charge is -2.29. The van der Waals surface area contributed by atoms with Gasteiger partial charge in [0.25, 0.3) is 0 Å². The van der Waals surface area contributed by atoms with Crippen LogP contribution in [0.15, 0.2) is 22.7 Å². The van der Waals surface area contributed by atoms with Gasteiger partial charge in [0.05, 0.1) is 11.6 Å². The van der Waals surface area contributed by atoms with Gasteiger partial charge in [0.2, 0.25) is 0 Å². The summed E-state index contributed by atoms with van der Waals surface area (Å²) in [5.41, 5.74) is 1.34. The van der Waals surface area contributed by atoms with Crippen molar-refractivity contribution in [3.63, 3.8) is 0 Å². The average Bonchev–Trinajstić information content (AvgIpc) is 2.32. The third-order valence-corrected chi connectivity index (χ3v) is 4.67. The predicted molar refractivity (Wildman–Crippen MR) is 77.9 cm³/mol. The molecular formula is C13H17Br2NO. The Labute approximate surface area is 120 Å². The number of hydrogen-bond donors (Lipinski definition) is 0. The van der Waals surface area contributed by atoms with Crippen LogP contribution in [0.4, 0.5) is 0 Å². The molecule has 1 aromatic rings. The number of methoxy groups -OCH3 is 1. The highest BCUT2D eigenvalue weighted by Crippen LogP contribution is 2.27. The topological polar surface area (TPSA) is 12.5 Å². The summed E-state index contributed by atoms with van der Waals surface area (Å²) in [6, 6.07) is 6.32. The second kappa shape index (κ2) is 6.21. The molecule has 1 aliphatic heterocycles. The van der Waals surface area contributed by atoms with E-state index in [0.29, 0.717) is 4.83 Å². The van der Waals surface area contributed by atoms with Crippen molar-refractivity contribution in [2.45, 2.75) is 24.2 Å². The minimum Gasteiger partial charge on any atom is -0.496 e. The molecule has 1 aromatic carbocycles. The summed E-state index contributed by atoms with van der Waals surface area (Å²) < 4.78 is 6.27. The second-order valence-corrected chi connectivity index (χ2v) is 6.57. The molecule has 94 valence electrons. The molecule has 1 aliphatic rings. The molecule has 0 aliphatic carbocycles. The van der Waals surface area contributed by atoms with E-state index in [4.69, 9.17) is 4.74 Å². The molecule has 0 unspecified atom stereocenters. The summed E-state index contributed by atoms with van der Waals surface area (Å²) in [4.78, 5) is 3.22. The third-order valence-electron chi connectivity index (χ3n) is 3.14. The molecule has 1 saturated heterocycles. The Balaban J connectivity index is 1.97. The van der Waals surface area contributed by atoms with Crippen LogP contribution >= 0.6 is 31.9 Å². The van der Waals surface area contributed by atoms with Gasteiger partial charge in [-0.05, 0) is 59.6 Å². The number of hydrogen-bond acceptors (Lipinski definition) is 2. The molecule has 17 heavy (non-hydrogen) atoms. The van der Waals surface area contributed by atoms with Crippen LogP contribution in [0.5, 0.6) is 5.75 Å². The number of alkyl halides is 1. The second-order valence-electron chi connectivity index (χ2n) is 4.42. The van der Waals surface area contributed by atoms with Gasteiger partial charge in [0.15, 0.2) is 0 Å². The van der Waals surface area contributed by atoms with Gasteiger partial charge >= 0.3 is 0 Å². The Morgan fingerprint density at radius 1 is 1.35 bits per heavy atom. The van der Waals surface area contributed by atoms with Crippen LogP contribution in [0.25, 0.3) is 0 Å². The van der Waals surface area contributed by atoms with E-state index in [1.54, 1.807) is 7.11 Å². The van der Waals surface area contributed by atoms with E-state index in [2.05, 4.69) is 48.9 Å². The van der Waals surface area contributed by atoms with E-state index in [1.807, 2.05) is 6.07 Å². The van der Waals surface area contributed by atoms with Crippen molar-refractivity contribution in [2.75, 3.05) is 20.2 Å². The van der Waals surface area contributed by atoms with E-state index < -0.39 is 0 Å². The Hall–Kier alpha value is -0.0600. The molecule has 0 radical (unpaired) electrons. The molecule has 1 fully saturated rings. The first-order valence-corrected chi connectivity index (χ1v) is 7.59. The molecule has 0 N–H and O–H groups in total. The van der Waals surface area contributed by atoms with Crippen LogP contribution in [0.3, 0.4) is 0 Å². The monoisotopic (exact) mass is 361 g/mol. The van der Waals surface area contributed by atoms with Gasteiger partial charge in [-0.1, -0.05) is 22.0 Å². The number of rotatable bonds is 3. The van der Waals surface area contributed by atoms with Crippen molar-refractivity contribution in [3.8, 4) is 5.75 Å². The normalized spacial score (nSPS) is 18.3. The first-order valence-electron chi connectivity index (χ1n) is 5.88. The highest BCUT2D eigenvalue weighted by Gasteiger charge is 2.16. The zero-order chi connectivity index (χ0) is 12.3. The molecule has 0 bridgehead atoms.